The van der Waals surface area contributed by atoms with E-state index in [9.17, 15) is 4.79 Å². The van der Waals surface area contributed by atoms with Gasteiger partial charge in [-0.3, -0.25) is 4.79 Å². The molecule has 0 amide bonds. The highest BCUT2D eigenvalue weighted by Crippen LogP contribution is 2.04. The monoisotopic (exact) mass is 172 g/mol. The average Bonchev–Trinajstić information content (AvgIpc) is 2.59. The van der Waals surface area contributed by atoms with Crippen LogP contribution in [0.25, 0.3) is 5.65 Å². The third-order valence-electron chi connectivity index (χ3n) is 1.80. The Hall–Kier alpha value is -1.90. The fourth-order valence-electron chi connectivity index (χ4n) is 1.16. The van der Waals surface area contributed by atoms with Gasteiger partial charge in [0.1, 0.15) is 11.3 Å². The number of hydrogen-bond acceptors (Lipinski definition) is 2. The SMILES string of the molecule is C=CC(=O)c1cn2ccccc2n1. The summed E-state index contributed by atoms with van der Waals surface area (Å²) in [6.07, 6.45) is 4.81. The van der Waals surface area contributed by atoms with Gasteiger partial charge in [-0.15, -0.1) is 0 Å². The van der Waals surface area contributed by atoms with Crippen LogP contribution in [0.5, 0.6) is 0 Å². The number of nitrogens with zero attached hydrogens (tertiary/aromatic N) is 2. The number of rotatable bonds is 2. The van der Waals surface area contributed by atoms with Gasteiger partial charge in [0.2, 0.25) is 5.78 Å². The maximum Gasteiger partial charge on any atom is 0.205 e. The number of hydrogen-bond donors (Lipinski definition) is 0. The lowest BCUT2D eigenvalue weighted by Gasteiger charge is -1.86. The van der Waals surface area contributed by atoms with Crippen molar-refractivity contribution in [2.75, 3.05) is 0 Å². The zero-order valence-corrected chi connectivity index (χ0v) is 6.97. The van der Waals surface area contributed by atoms with Crippen molar-refractivity contribution in [3.8, 4) is 0 Å². The van der Waals surface area contributed by atoms with E-state index in [4.69, 9.17) is 0 Å². The van der Waals surface area contributed by atoms with E-state index in [1.54, 1.807) is 10.6 Å². The van der Waals surface area contributed by atoms with Crippen molar-refractivity contribution in [1.82, 2.24) is 9.38 Å². The van der Waals surface area contributed by atoms with Crippen LogP contribution in [0.3, 0.4) is 0 Å². The molecule has 0 radical (unpaired) electrons. The summed E-state index contributed by atoms with van der Waals surface area (Å²) in [5, 5.41) is 0. The van der Waals surface area contributed by atoms with Crippen LogP contribution in [0.2, 0.25) is 0 Å². The highest BCUT2D eigenvalue weighted by atomic mass is 16.1. The Kier molecular flexibility index (Phi) is 1.70. The van der Waals surface area contributed by atoms with E-state index in [1.165, 1.54) is 6.08 Å². The van der Waals surface area contributed by atoms with E-state index in [0.717, 1.165) is 5.65 Å². The van der Waals surface area contributed by atoms with Gasteiger partial charge in [-0.1, -0.05) is 12.6 Å². The summed E-state index contributed by atoms with van der Waals surface area (Å²) in [5.74, 6) is -0.149. The summed E-state index contributed by atoms with van der Waals surface area (Å²) < 4.78 is 1.80. The molecule has 3 heteroatoms. The van der Waals surface area contributed by atoms with E-state index in [1.807, 2.05) is 24.4 Å². The first-order valence-electron chi connectivity index (χ1n) is 3.92. The van der Waals surface area contributed by atoms with Crippen LogP contribution in [0.1, 0.15) is 10.5 Å². The Labute approximate surface area is 75.3 Å². The molecule has 64 valence electrons. The molecule has 0 unspecified atom stereocenters. The molecule has 0 N–H and O–H groups in total. The molecular formula is C10H8N2O. The molecule has 3 nitrogen and oxygen atoms in total. The smallest absolute Gasteiger partial charge is 0.205 e. The Morgan fingerprint density at radius 3 is 3.08 bits per heavy atom. The normalized spacial score (nSPS) is 10.2. The van der Waals surface area contributed by atoms with Gasteiger partial charge in [-0.2, -0.15) is 0 Å². The van der Waals surface area contributed by atoms with Crippen LogP contribution in [0.4, 0.5) is 0 Å². The van der Waals surface area contributed by atoms with Crippen LogP contribution in [0.15, 0.2) is 43.2 Å². The predicted octanol–water partition coefficient (Wildman–Crippen LogP) is 1.70. The van der Waals surface area contributed by atoms with E-state index in [2.05, 4.69) is 11.6 Å². The van der Waals surface area contributed by atoms with Crippen molar-refractivity contribution in [3.05, 3.63) is 48.9 Å². The maximum absolute atomic E-state index is 11.2. The molecule has 13 heavy (non-hydrogen) atoms. The summed E-state index contributed by atoms with van der Waals surface area (Å²) in [5.41, 5.74) is 1.20. The van der Waals surface area contributed by atoms with Gasteiger partial charge >= 0.3 is 0 Å². The second kappa shape index (κ2) is 2.86. The van der Waals surface area contributed by atoms with Crippen LogP contribution >= 0.6 is 0 Å². The minimum atomic E-state index is -0.149. The Morgan fingerprint density at radius 1 is 1.54 bits per heavy atom. The highest BCUT2D eigenvalue weighted by molar-refractivity contribution is 6.02. The number of ketones is 1. The molecule has 0 saturated heterocycles. The number of pyridine rings is 1. The van der Waals surface area contributed by atoms with Gasteiger partial charge in [-0.25, -0.2) is 4.98 Å². The van der Waals surface area contributed by atoms with Gasteiger partial charge in [0.25, 0.3) is 0 Å². The number of allylic oxidation sites excluding steroid dienone is 1. The fourth-order valence-corrected chi connectivity index (χ4v) is 1.16. The largest absolute Gasteiger partial charge is 0.306 e. The number of carbonyl (C=O) groups is 1. The zero-order chi connectivity index (χ0) is 9.26. The minimum absolute atomic E-state index is 0.149. The van der Waals surface area contributed by atoms with Crippen LogP contribution in [-0.4, -0.2) is 15.2 Å². The van der Waals surface area contributed by atoms with Crippen molar-refractivity contribution >= 4 is 11.4 Å². The Balaban J connectivity index is 2.62. The van der Waals surface area contributed by atoms with Crippen molar-refractivity contribution in [2.24, 2.45) is 0 Å². The first kappa shape index (κ1) is 7.73. The van der Waals surface area contributed by atoms with Crippen LogP contribution in [-0.2, 0) is 0 Å². The average molecular weight is 172 g/mol. The van der Waals surface area contributed by atoms with Gasteiger partial charge in [0.05, 0.1) is 0 Å². The fraction of sp³-hybridized carbons (Fsp3) is 0. The molecule has 0 fully saturated rings. The molecule has 0 atom stereocenters. The van der Waals surface area contributed by atoms with Gasteiger partial charge < -0.3 is 4.40 Å². The number of imidazole rings is 1. The summed E-state index contributed by atoms with van der Waals surface area (Å²) in [7, 11) is 0. The molecule has 0 aliphatic heterocycles. The van der Waals surface area contributed by atoms with E-state index in [-0.39, 0.29) is 5.78 Å². The second-order valence-electron chi connectivity index (χ2n) is 2.66. The van der Waals surface area contributed by atoms with Crippen molar-refractivity contribution in [1.29, 1.82) is 0 Å². The molecule has 2 aromatic heterocycles. The van der Waals surface area contributed by atoms with Crippen LogP contribution in [0, 0.1) is 0 Å². The van der Waals surface area contributed by atoms with Crippen molar-refractivity contribution < 1.29 is 4.79 Å². The third kappa shape index (κ3) is 1.24. The lowest BCUT2D eigenvalue weighted by molar-refractivity contribution is 0.104. The van der Waals surface area contributed by atoms with Crippen molar-refractivity contribution in [2.45, 2.75) is 0 Å². The first-order valence-corrected chi connectivity index (χ1v) is 3.92. The van der Waals surface area contributed by atoms with E-state index in [0.29, 0.717) is 5.69 Å². The van der Waals surface area contributed by atoms with Crippen molar-refractivity contribution in [3.63, 3.8) is 0 Å². The molecule has 0 aromatic carbocycles. The number of carbonyl (C=O) groups excluding carboxylic acids is 1. The number of fused-ring (bicyclic) bond motifs is 1. The van der Waals surface area contributed by atoms with Gasteiger partial charge in [-0.05, 0) is 18.2 Å². The Bertz CT molecular complexity index is 437. The van der Waals surface area contributed by atoms with Gasteiger partial charge in [0.15, 0.2) is 0 Å². The summed E-state index contributed by atoms with van der Waals surface area (Å²) in [4.78, 5) is 15.3. The maximum atomic E-state index is 11.2. The number of aromatic nitrogens is 2. The predicted molar refractivity (Wildman–Crippen MR) is 49.7 cm³/mol. The summed E-state index contributed by atoms with van der Waals surface area (Å²) in [6, 6.07) is 5.61. The minimum Gasteiger partial charge on any atom is -0.306 e. The molecule has 0 spiro atoms. The molecule has 0 saturated carbocycles. The van der Waals surface area contributed by atoms with E-state index >= 15 is 0 Å². The summed E-state index contributed by atoms with van der Waals surface area (Å²) in [6.45, 7) is 3.41. The molecule has 0 bridgehead atoms. The molecule has 0 aliphatic rings. The van der Waals surface area contributed by atoms with E-state index < -0.39 is 0 Å². The lowest BCUT2D eigenvalue weighted by Crippen LogP contribution is -1.92. The van der Waals surface area contributed by atoms with Gasteiger partial charge in [0, 0.05) is 12.4 Å². The topological polar surface area (TPSA) is 34.4 Å². The Morgan fingerprint density at radius 2 is 2.38 bits per heavy atom. The van der Waals surface area contributed by atoms with Crippen LogP contribution < -0.4 is 0 Å². The lowest BCUT2D eigenvalue weighted by atomic mass is 10.3. The standard InChI is InChI=1S/C10H8N2O/c1-2-9(13)8-7-12-6-4-3-5-10(12)11-8/h2-7H,1H2. The molecular weight excluding hydrogens is 164 g/mol. The highest BCUT2D eigenvalue weighted by Gasteiger charge is 2.05. The zero-order valence-electron chi connectivity index (χ0n) is 6.97. The first-order chi connectivity index (χ1) is 6.31. The molecule has 2 aromatic rings. The molecule has 2 heterocycles. The molecule has 2 rings (SSSR count). The third-order valence-corrected chi connectivity index (χ3v) is 1.80. The molecule has 0 aliphatic carbocycles. The second-order valence-corrected chi connectivity index (χ2v) is 2.66. The summed E-state index contributed by atoms with van der Waals surface area (Å²) >= 11 is 0. The quantitative estimate of drug-likeness (QED) is 0.510.